The molecule has 3 nitrogen and oxygen atoms in total. The van der Waals surface area contributed by atoms with Gasteiger partial charge in [-0.3, -0.25) is 4.90 Å². The first-order valence-corrected chi connectivity index (χ1v) is 8.06. The molecule has 3 rings (SSSR count). The molecule has 1 aromatic carbocycles. The van der Waals surface area contributed by atoms with Crippen molar-refractivity contribution in [1.29, 1.82) is 0 Å². The third-order valence-corrected chi connectivity index (χ3v) is 4.65. The Labute approximate surface area is 135 Å². The van der Waals surface area contributed by atoms with E-state index in [-0.39, 0.29) is 12.4 Å². The number of hydrogen-bond donors (Lipinski definition) is 1. The van der Waals surface area contributed by atoms with Crippen LogP contribution in [0.2, 0.25) is 0 Å². The number of piperazine rings is 1. The van der Waals surface area contributed by atoms with Crippen LogP contribution in [0.15, 0.2) is 24.3 Å². The lowest BCUT2D eigenvalue weighted by Crippen LogP contribution is -2.49. The van der Waals surface area contributed by atoms with E-state index in [9.17, 15) is 0 Å². The molecule has 0 aliphatic carbocycles. The second-order valence-electron chi connectivity index (χ2n) is 6.34. The summed E-state index contributed by atoms with van der Waals surface area (Å²) in [7, 11) is 0. The number of halogens is 1. The SMILES string of the molecule is Cc1cccc(N2CCN(CC3CCCNC3)CC2)c1.Cl. The molecule has 2 fully saturated rings. The highest BCUT2D eigenvalue weighted by atomic mass is 35.5. The molecular formula is C17H28ClN3. The summed E-state index contributed by atoms with van der Waals surface area (Å²) in [5.41, 5.74) is 2.75. The minimum absolute atomic E-state index is 0. The topological polar surface area (TPSA) is 18.5 Å². The van der Waals surface area contributed by atoms with Gasteiger partial charge in [-0.05, 0) is 56.5 Å². The Kier molecular flexibility index (Phi) is 6.34. The van der Waals surface area contributed by atoms with E-state index in [1.165, 1.54) is 69.9 Å². The van der Waals surface area contributed by atoms with Crippen molar-refractivity contribution in [2.75, 3.05) is 50.7 Å². The van der Waals surface area contributed by atoms with E-state index in [4.69, 9.17) is 0 Å². The molecule has 1 N–H and O–H groups in total. The molecule has 2 heterocycles. The van der Waals surface area contributed by atoms with E-state index in [0.29, 0.717) is 0 Å². The summed E-state index contributed by atoms with van der Waals surface area (Å²) < 4.78 is 0. The maximum absolute atomic E-state index is 3.53. The monoisotopic (exact) mass is 309 g/mol. The van der Waals surface area contributed by atoms with Gasteiger partial charge >= 0.3 is 0 Å². The lowest BCUT2D eigenvalue weighted by atomic mass is 9.99. The molecule has 21 heavy (non-hydrogen) atoms. The van der Waals surface area contributed by atoms with Crippen LogP contribution >= 0.6 is 12.4 Å². The number of anilines is 1. The zero-order valence-electron chi connectivity index (χ0n) is 13.1. The summed E-state index contributed by atoms with van der Waals surface area (Å²) in [5, 5.41) is 3.53. The zero-order chi connectivity index (χ0) is 13.8. The number of aryl methyl sites for hydroxylation is 1. The Morgan fingerprint density at radius 3 is 2.67 bits per heavy atom. The summed E-state index contributed by atoms with van der Waals surface area (Å²) in [6.45, 7) is 10.7. The fraction of sp³-hybridized carbons (Fsp3) is 0.647. The van der Waals surface area contributed by atoms with Gasteiger partial charge in [-0.2, -0.15) is 0 Å². The summed E-state index contributed by atoms with van der Waals surface area (Å²) in [6.07, 6.45) is 2.76. The van der Waals surface area contributed by atoms with Crippen molar-refractivity contribution in [3.8, 4) is 0 Å². The highest BCUT2D eigenvalue weighted by Gasteiger charge is 2.21. The number of nitrogens with one attached hydrogen (secondary N) is 1. The average molecular weight is 310 g/mol. The minimum atomic E-state index is 0. The molecule has 118 valence electrons. The predicted molar refractivity (Wildman–Crippen MR) is 92.7 cm³/mol. The van der Waals surface area contributed by atoms with Gasteiger partial charge in [0, 0.05) is 38.4 Å². The molecular weight excluding hydrogens is 282 g/mol. The Balaban J connectivity index is 0.00000161. The summed E-state index contributed by atoms with van der Waals surface area (Å²) >= 11 is 0. The Morgan fingerprint density at radius 2 is 2.00 bits per heavy atom. The molecule has 2 aliphatic heterocycles. The summed E-state index contributed by atoms with van der Waals surface area (Å²) in [6, 6.07) is 8.90. The van der Waals surface area contributed by atoms with E-state index >= 15 is 0 Å². The molecule has 0 radical (unpaired) electrons. The maximum Gasteiger partial charge on any atom is 0.0369 e. The predicted octanol–water partition coefficient (Wildman–Crippen LogP) is 2.54. The third kappa shape index (κ3) is 4.60. The van der Waals surface area contributed by atoms with Gasteiger partial charge in [-0.25, -0.2) is 0 Å². The fourth-order valence-corrected chi connectivity index (χ4v) is 3.46. The van der Waals surface area contributed by atoms with Crippen LogP contribution in [-0.2, 0) is 0 Å². The van der Waals surface area contributed by atoms with Gasteiger partial charge in [0.2, 0.25) is 0 Å². The van der Waals surface area contributed by atoms with E-state index in [1.807, 2.05) is 0 Å². The number of hydrogen-bond acceptors (Lipinski definition) is 3. The van der Waals surface area contributed by atoms with Gasteiger partial charge < -0.3 is 10.2 Å². The van der Waals surface area contributed by atoms with E-state index < -0.39 is 0 Å². The van der Waals surface area contributed by atoms with Gasteiger partial charge in [0.05, 0.1) is 0 Å². The molecule has 0 saturated carbocycles. The highest BCUT2D eigenvalue weighted by Crippen LogP contribution is 2.19. The van der Waals surface area contributed by atoms with Crippen molar-refractivity contribution in [1.82, 2.24) is 10.2 Å². The molecule has 0 spiro atoms. The fourth-order valence-electron chi connectivity index (χ4n) is 3.46. The van der Waals surface area contributed by atoms with Gasteiger partial charge in [0.25, 0.3) is 0 Å². The van der Waals surface area contributed by atoms with E-state index in [1.54, 1.807) is 0 Å². The van der Waals surface area contributed by atoms with E-state index in [2.05, 4.69) is 46.3 Å². The number of piperidine rings is 1. The second-order valence-corrected chi connectivity index (χ2v) is 6.34. The number of benzene rings is 1. The molecule has 2 aliphatic rings. The molecule has 0 aromatic heterocycles. The van der Waals surface area contributed by atoms with Gasteiger partial charge in [0.1, 0.15) is 0 Å². The van der Waals surface area contributed by atoms with Gasteiger partial charge in [-0.1, -0.05) is 12.1 Å². The van der Waals surface area contributed by atoms with Crippen molar-refractivity contribution in [3.05, 3.63) is 29.8 Å². The van der Waals surface area contributed by atoms with Gasteiger partial charge in [-0.15, -0.1) is 12.4 Å². The lowest BCUT2D eigenvalue weighted by Gasteiger charge is -2.38. The van der Waals surface area contributed by atoms with Crippen molar-refractivity contribution < 1.29 is 0 Å². The smallest absolute Gasteiger partial charge is 0.0369 e. The van der Waals surface area contributed by atoms with Crippen LogP contribution < -0.4 is 10.2 Å². The molecule has 1 aromatic rings. The van der Waals surface area contributed by atoms with Crippen LogP contribution in [0, 0.1) is 12.8 Å². The Bertz CT molecular complexity index is 424. The summed E-state index contributed by atoms with van der Waals surface area (Å²) in [5.74, 6) is 0.870. The molecule has 0 bridgehead atoms. The molecule has 4 heteroatoms. The van der Waals surface area contributed by atoms with Crippen molar-refractivity contribution in [2.45, 2.75) is 19.8 Å². The van der Waals surface area contributed by atoms with Crippen LogP contribution in [0.1, 0.15) is 18.4 Å². The lowest BCUT2D eigenvalue weighted by molar-refractivity contribution is 0.199. The normalized spacial score (nSPS) is 23.7. The quantitative estimate of drug-likeness (QED) is 0.926. The van der Waals surface area contributed by atoms with Crippen LogP contribution in [0.5, 0.6) is 0 Å². The first kappa shape index (κ1) is 16.6. The standard InChI is InChI=1S/C17H27N3.ClH/c1-15-4-2-6-17(12-15)20-10-8-19(9-11-20)14-16-5-3-7-18-13-16;/h2,4,6,12,16,18H,3,5,7-11,13-14H2,1H3;1H. The van der Waals surface area contributed by atoms with Crippen LogP contribution in [0.25, 0.3) is 0 Å². The van der Waals surface area contributed by atoms with Crippen molar-refractivity contribution in [3.63, 3.8) is 0 Å². The third-order valence-electron chi connectivity index (χ3n) is 4.65. The largest absolute Gasteiger partial charge is 0.369 e. The van der Waals surface area contributed by atoms with Crippen LogP contribution in [-0.4, -0.2) is 50.7 Å². The van der Waals surface area contributed by atoms with Crippen molar-refractivity contribution in [2.24, 2.45) is 5.92 Å². The van der Waals surface area contributed by atoms with Crippen molar-refractivity contribution >= 4 is 18.1 Å². The molecule has 1 unspecified atom stereocenters. The van der Waals surface area contributed by atoms with Crippen LogP contribution in [0.4, 0.5) is 5.69 Å². The molecule has 1 atom stereocenters. The summed E-state index contributed by atoms with van der Waals surface area (Å²) in [4.78, 5) is 5.19. The Morgan fingerprint density at radius 1 is 1.19 bits per heavy atom. The van der Waals surface area contributed by atoms with Crippen LogP contribution in [0.3, 0.4) is 0 Å². The first-order chi connectivity index (χ1) is 9.81. The van der Waals surface area contributed by atoms with Gasteiger partial charge in [0.15, 0.2) is 0 Å². The average Bonchev–Trinajstić information content (AvgIpc) is 2.49. The zero-order valence-corrected chi connectivity index (χ0v) is 13.9. The number of nitrogens with zero attached hydrogens (tertiary/aromatic N) is 2. The highest BCUT2D eigenvalue weighted by molar-refractivity contribution is 5.85. The molecule has 2 saturated heterocycles. The minimum Gasteiger partial charge on any atom is -0.369 e. The Hall–Kier alpha value is -0.770. The second kappa shape index (κ2) is 8.02. The van der Waals surface area contributed by atoms with E-state index in [0.717, 1.165) is 5.92 Å². The number of rotatable bonds is 3. The molecule has 0 amide bonds. The first-order valence-electron chi connectivity index (χ1n) is 8.06. The maximum atomic E-state index is 3.53.